The molecule has 0 fully saturated rings. The molecule has 45 heavy (non-hydrogen) atoms. The number of nitrogens with two attached hydrogens (primary N) is 1. The van der Waals surface area contributed by atoms with Gasteiger partial charge in [-0.3, -0.25) is 9.59 Å². The number of hydrogen-bond acceptors (Lipinski definition) is 5. The Morgan fingerprint density at radius 3 is 1.89 bits per heavy atom. The van der Waals surface area contributed by atoms with Gasteiger partial charge >= 0.3 is 5.97 Å². The van der Waals surface area contributed by atoms with Crippen LogP contribution in [0.2, 0.25) is 23.2 Å². The Morgan fingerprint density at radius 2 is 1.42 bits per heavy atom. The number of nitrogens with zero attached hydrogens (tertiary/aromatic N) is 1. The van der Waals surface area contributed by atoms with Gasteiger partial charge in [-0.25, -0.2) is 0 Å². The summed E-state index contributed by atoms with van der Waals surface area (Å²) in [6.07, 6.45) is 0.803. The van der Waals surface area contributed by atoms with Gasteiger partial charge in [0.2, 0.25) is 5.91 Å². The van der Waals surface area contributed by atoms with E-state index in [2.05, 4.69) is 40.8 Å². The first-order valence-electron chi connectivity index (χ1n) is 15.9. The molecule has 0 saturated carbocycles. The molecule has 0 aliphatic carbocycles. The van der Waals surface area contributed by atoms with Crippen LogP contribution in [0, 0.1) is 5.92 Å². The molecule has 0 heterocycles. The first kappa shape index (κ1) is 36.5. The van der Waals surface area contributed by atoms with Crippen molar-refractivity contribution in [3.63, 3.8) is 0 Å². The third-order valence-electron chi connectivity index (χ3n) is 9.21. The van der Waals surface area contributed by atoms with Gasteiger partial charge in [-0.15, -0.1) is 0 Å². The number of esters is 1. The van der Waals surface area contributed by atoms with Crippen LogP contribution in [0.3, 0.4) is 0 Å². The van der Waals surface area contributed by atoms with E-state index in [1.54, 1.807) is 18.0 Å². The Balaban J connectivity index is 2.17. The van der Waals surface area contributed by atoms with Crippen molar-refractivity contribution < 1.29 is 18.8 Å². The number of likely N-dealkylation sites (N-methyl/N-ethyl adjacent to an activating group) is 1. The number of halogens is 1. The zero-order valence-corrected chi connectivity index (χ0v) is 29.9. The lowest BCUT2D eigenvalue weighted by Crippen LogP contribution is -2.51. The number of carbonyl (C=O) groups is 2. The van der Waals surface area contributed by atoms with Gasteiger partial charge in [0.1, 0.15) is 0 Å². The monoisotopic (exact) mass is 650 g/mol. The standard InChI is InChI=1S/C37H51ClN2O4Si/c1-9-18-33(44-45(7,8)36(3,4)5)30(35(42)40(6)27(2)26-39)25-34(41)43-37(28-19-12-10-13-20-28,29-21-14-11-15-22-29)31-23-16-17-24-32(31)38/h10-17,19-24,27,30,33H,9,18,25-26,39H2,1-8H3/t27-,30-,33+/m0/s1. The van der Waals surface area contributed by atoms with Gasteiger partial charge in [0.15, 0.2) is 13.9 Å². The van der Waals surface area contributed by atoms with Gasteiger partial charge in [0.05, 0.1) is 18.4 Å². The smallest absolute Gasteiger partial charge is 0.308 e. The highest BCUT2D eigenvalue weighted by Gasteiger charge is 2.46. The minimum absolute atomic E-state index is 0.0800. The zero-order valence-electron chi connectivity index (χ0n) is 28.2. The molecule has 0 aliphatic rings. The van der Waals surface area contributed by atoms with E-state index in [1.165, 1.54) is 0 Å². The summed E-state index contributed by atoms with van der Waals surface area (Å²) >= 11 is 6.87. The quantitative estimate of drug-likeness (QED) is 0.108. The second kappa shape index (κ2) is 15.5. The molecule has 2 N–H and O–H groups in total. The topological polar surface area (TPSA) is 81.9 Å². The Kier molecular flexibility index (Phi) is 12.6. The second-order valence-corrected chi connectivity index (χ2v) is 18.6. The Hall–Kier alpha value is -2.97. The van der Waals surface area contributed by atoms with E-state index in [0.29, 0.717) is 23.6 Å². The Bertz CT molecular complexity index is 1350. The average molecular weight is 651 g/mol. The van der Waals surface area contributed by atoms with Crippen molar-refractivity contribution in [1.82, 2.24) is 4.90 Å². The van der Waals surface area contributed by atoms with Crippen molar-refractivity contribution in [2.75, 3.05) is 13.6 Å². The highest BCUT2D eigenvalue weighted by atomic mass is 35.5. The largest absolute Gasteiger partial charge is 0.444 e. The molecule has 0 aliphatic heterocycles. The van der Waals surface area contributed by atoms with E-state index >= 15 is 0 Å². The van der Waals surface area contributed by atoms with Crippen molar-refractivity contribution >= 4 is 31.8 Å². The normalized spacial score (nSPS) is 14.4. The summed E-state index contributed by atoms with van der Waals surface area (Å²) in [6.45, 7) is 15.2. The van der Waals surface area contributed by atoms with Crippen LogP contribution in [-0.4, -0.2) is 50.8 Å². The van der Waals surface area contributed by atoms with Crippen LogP contribution in [0.4, 0.5) is 0 Å². The molecule has 3 aromatic carbocycles. The number of amides is 1. The molecular weight excluding hydrogens is 600 g/mol. The predicted octanol–water partition coefficient (Wildman–Crippen LogP) is 8.18. The van der Waals surface area contributed by atoms with Crippen LogP contribution in [-0.2, 0) is 24.4 Å². The van der Waals surface area contributed by atoms with Crippen molar-refractivity contribution in [2.24, 2.45) is 11.7 Å². The summed E-state index contributed by atoms with van der Waals surface area (Å²) in [5.74, 6) is -1.46. The van der Waals surface area contributed by atoms with E-state index in [-0.39, 0.29) is 23.4 Å². The molecule has 0 bridgehead atoms. The van der Waals surface area contributed by atoms with E-state index in [9.17, 15) is 9.59 Å². The van der Waals surface area contributed by atoms with Crippen LogP contribution < -0.4 is 5.73 Å². The van der Waals surface area contributed by atoms with Crippen molar-refractivity contribution in [3.05, 3.63) is 107 Å². The van der Waals surface area contributed by atoms with E-state index < -0.39 is 31.9 Å². The number of rotatable bonds is 14. The minimum Gasteiger partial charge on any atom is -0.444 e. The maximum atomic E-state index is 14.4. The van der Waals surface area contributed by atoms with Crippen molar-refractivity contribution in [2.45, 2.75) is 89.8 Å². The number of benzene rings is 3. The fourth-order valence-electron chi connectivity index (χ4n) is 5.33. The van der Waals surface area contributed by atoms with Gasteiger partial charge in [0, 0.05) is 41.3 Å². The molecule has 244 valence electrons. The Morgan fingerprint density at radius 1 is 0.911 bits per heavy atom. The van der Waals surface area contributed by atoms with Crippen molar-refractivity contribution in [1.29, 1.82) is 0 Å². The predicted molar refractivity (Wildman–Crippen MR) is 187 cm³/mol. The summed E-state index contributed by atoms with van der Waals surface area (Å²) in [5.41, 5.74) is 6.75. The first-order valence-corrected chi connectivity index (χ1v) is 19.2. The summed E-state index contributed by atoms with van der Waals surface area (Å²) in [6, 6.07) is 26.4. The third-order valence-corrected chi connectivity index (χ3v) is 14.0. The van der Waals surface area contributed by atoms with E-state index in [4.69, 9.17) is 26.5 Å². The van der Waals surface area contributed by atoms with Gasteiger partial charge in [-0.2, -0.15) is 0 Å². The highest BCUT2D eigenvalue weighted by molar-refractivity contribution is 6.74. The molecule has 0 saturated heterocycles. The molecule has 8 heteroatoms. The molecule has 3 atom stereocenters. The van der Waals surface area contributed by atoms with Crippen LogP contribution in [0.5, 0.6) is 0 Å². The fraction of sp³-hybridized carbons (Fsp3) is 0.459. The SMILES string of the molecule is CCC[C@@H](O[Si](C)(C)C(C)(C)C)[C@H](CC(=O)OC(c1ccccc1)(c1ccccc1)c1ccccc1Cl)C(=O)N(C)[C@@H](C)CN. The summed E-state index contributed by atoms with van der Waals surface area (Å²) < 4.78 is 13.6. The van der Waals surface area contributed by atoms with Crippen LogP contribution in [0.1, 0.15) is 70.6 Å². The molecular formula is C37H51ClN2O4Si. The number of ether oxygens (including phenoxy) is 1. The number of carbonyl (C=O) groups excluding carboxylic acids is 2. The third kappa shape index (κ3) is 8.44. The van der Waals surface area contributed by atoms with Gasteiger partial charge in [0.25, 0.3) is 0 Å². The summed E-state index contributed by atoms with van der Waals surface area (Å²) in [5, 5.41) is 0.385. The van der Waals surface area contributed by atoms with Gasteiger partial charge in [-0.1, -0.05) is 125 Å². The lowest BCUT2D eigenvalue weighted by atomic mass is 9.80. The fourth-order valence-corrected chi connectivity index (χ4v) is 6.99. The summed E-state index contributed by atoms with van der Waals surface area (Å²) in [7, 11) is -0.567. The van der Waals surface area contributed by atoms with Gasteiger partial charge in [-0.05, 0) is 37.5 Å². The highest BCUT2D eigenvalue weighted by Crippen LogP contribution is 2.44. The van der Waals surface area contributed by atoms with Crippen molar-refractivity contribution in [3.8, 4) is 0 Å². The lowest BCUT2D eigenvalue weighted by Gasteiger charge is -2.42. The first-order chi connectivity index (χ1) is 21.2. The second-order valence-electron chi connectivity index (χ2n) is 13.4. The van der Waals surface area contributed by atoms with E-state index in [1.807, 2.05) is 85.8 Å². The van der Waals surface area contributed by atoms with Crippen LogP contribution >= 0.6 is 11.6 Å². The van der Waals surface area contributed by atoms with Crippen LogP contribution in [0.15, 0.2) is 84.9 Å². The Labute approximate surface area is 276 Å². The molecule has 0 aromatic heterocycles. The van der Waals surface area contributed by atoms with Crippen LogP contribution in [0.25, 0.3) is 0 Å². The molecule has 0 spiro atoms. The van der Waals surface area contributed by atoms with Gasteiger partial charge < -0.3 is 19.8 Å². The maximum Gasteiger partial charge on any atom is 0.308 e. The maximum absolute atomic E-state index is 14.4. The molecule has 0 unspecified atom stereocenters. The zero-order chi connectivity index (χ0) is 33.4. The molecule has 3 aromatic rings. The molecule has 6 nitrogen and oxygen atoms in total. The number of hydrogen-bond donors (Lipinski definition) is 1. The van der Waals surface area contributed by atoms with E-state index in [0.717, 1.165) is 17.5 Å². The molecule has 1 amide bonds. The summed E-state index contributed by atoms with van der Waals surface area (Å²) in [4.78, 5) is 30.3. The lowest BCUT2D eigenvalue weighted by molar-refractivity contribution is -0.159. The molecule has 3 rings (SSSR count). The average Bonchev–Trinajstić information content (AvgIpc) is 3.01. The molecule has 0 radical (unpaired) electrons. The minimum atomic E-state index is -2.31.